The number of amides is 1. The number of benzene rings is 2. The highest BCUT2D eigenvalue weighted by Gasteiger charge is 2.32. The molecule has 2 aromatic carbocycles. The minimum atomic E-state index is -4.47. The van der Waals surface area contributed by atoms with Crippen LogP contribution in [0.3, 0.4) is 0 Å². The van der Waals surface area contributed by atoms with Crippen LogP contribution in [0.15, 0.2) is 48.5 Å². The third-order valence-corrected chi connectivity index (χ3v) is 4.52. The van der Waals surface area contributed by atoms with E-state index in [1.165, 1.54) is 12.1 Å². The first kappa shape index (κ1) is 22.5. The van der Waals surface area contributed by atoms with Crippen LogP contribution >= 0.6 is 22.6 Å². The molecule has 0 heterocycles. The number of ether oxygens (including phenoxy) is 1. The van der Waals surface area contributed by atoms with Crippen LogP contribution in [0.4, 0.5) is 18.0 Å². The fourth-order valence-electron chi connectivity index (χ4n) is 2.51. The smallest absolute Gasteiger partial charge is 0.416 e. The van der Waals surface area contributed by atoms with E-state index in [1.807, 2.05) is 0 Å². The second-order valence-electron chi connectivity index (χ2n) is 7.24. The molecule has 2 rings (SSSR count). The molecule has 0 radical (unpaired) electrons. The first-order valence-corrected chi connectivity index (χ1v) is 9.55. The Bertz CT molecular complexity index is 799. The van der Waals surface area contributed by atoms with Crippen LogP contribution in [0.2, 0.25) is 0 Å². The summed E-state index contributed by atoms with van der Waals surface area (Å²) in [6.45, 7) is 5.07. The van der Waals surface area contributed by atoms with Crippen molar-refractivity contribution in [2.45, 2.75) is 44.7 Å². The van der Waals surface area contributed by atoms with Crippen molar-refractivity contribution >= 4 is 28.7 Å². The van der Waals surface area contributed by atoms with Gasteiger partial charge in [0.2, 0.25) is 0 Å². The van der Waals surface area contributed by atoms with Gasteiger partial charge in [-0.05, 0) is 78.8 Å². The van der Waals surface area contributed by atoms with E-state index in [9.17, 15) is 23.1 Å². The predicted octanol–water partition coefficient (Wildman–Crippen LogP) is 5.61. The summed E-state index contributed by atoms with van der Waals surface area (Å²) in [5, 5.41) is 13.4. The molecule has 0 saturated heterocycles. The molecule has 0 aliphatic heterocycles. The van der Waals surface area contributed by atoms with Gasteiger partial charge in [-0.25, -0.2) is 4.79 Å². The van der Waals surface area contributed by atoms with E-state index in [0.29, 0.717) is 11.1 Å². The number of carbonyl (C=O) groups is 1. The maximum absolute atomic E-state index is 12.8. The van der Waals surface area contributed by atoms with Crippen molar-refractivity contribution in [2.75, 3.05) is 0 Å². The second-order valence-corrected chi connectivity index (χ2v) is 8.49. The molecule has 0 bridgehead atoms. The molecule has 2 aromatic rings. The average Bonchev–Trinajstić information content (AvgIpc) is 2.57. The number of halogens is 4. The molecule has 0 spiro atoms. The van der Waals surface area contributed by atoms with Crippen LogP contribution in [-0.4, -0.2) is 16.8 Å². The molecule has 1 amide bonds. The number of alkyl halides is 3. The Morgan fingerprint density at radius 2 is 1.50 bits per heavy atom. The zero-order valence-electron chi connectivity index (χ0n) is 15.5. The van der Waals surface area contributed by atoms with E-state index in [0.717, 1.165) is 15.7 Å². The minimum absolute atomic E-state index is 0.324. The molecular formula is C20H21F3INO3. The summed E-state index contributed by atoms with van der Waals surface area (Å²) in [4.78, 5) is 12.2. The van der Waals surface area contributed by atoms with Crippen molar-refractivity contribution in [1.82, 2.24) is 5.32 Å². The van der Waals surface area contributed by atoms with Crippen LogP contribution in [0.5, 0.6) is 0 Å². The van der Waals surface area contributed by atoms with Crippen LogP contribution in [0.25, 0.3) is 0 Å². The van der Waals surface area contributed by atoms with E-state index in [-0.39, 0.29) is 0 Å². The fourth-order valence-corrected chi connectivity index (χ4v) is 2.87. The lowest BCUT2D eigenvalue weighted by molar-refractivity contribution is -0.137. The molecule has 28 heavy (non-hydrogen) atoms. The fraction of sp³-hybridized carbons (Fsp3) is 0.350. The minimum Gasteiger partial charge on any atom is -0.444 e. The van der Waals surface area contributed by atoms with Gasteiger partial charge in [-0.1, -0.05) is 24.3 Å². The molecule has 0 aromatic heterocycles. The van der Waals surface area contributed by atoms with Gasteiger partial charge in [0.25, 0.3) is 0 Å². The molecule has 0 aliphatic carbocycles. The predicted molar refractivity (Wildman–Crippen MR) is 108 cm³/mol. The van der Waals surface area contributed by atoms with E-state index >= 15 is 0 Å². The van der Waals surface area contributed by atoms with Crippen LogP contribution in [-0.2, 0) is 10.9 Å². The van der Waals surface area contributed by atoms with Gasteiger partial charge in [0.05, 0.1) is 11.6 Å². The van der Waals surface area contributed by atoms with Gasteiger partial charge in [0, 0.05) is 3.57 Å². The Labute approximate surface area is 175 Å². The second kappa shape index (κ2) is 8.69. The maximum atomic E-state index is 12.8. The number of carbonyl (C=O) groups excluding carboxylic acids is 1. The Balaban J connectivity index is 2.35. The summed E-state index contributed by atoms with van der Waals surface area (Å²) < 4.78 is 44.7. The van der Waals surface area contributed by atoms with Crippen molar-refractivity contribution in [1.29, 1.82) is 0 Å². The van der Waals surface area contributed by atoms with Crippen molar-refractivity contribution in [3.05, 3.63) is 68.8 Å². The summed E-state index contributed by atoms with van der Waals surface area (Å²) >= 11 is 2.12. The normalized spacial score (nSPS) is 14.3. The molecule has 4 nitrogen and oxygen atoms in total. The summed E-state index contributed by atoms with van der Waals surface area (Å²) in [6, 6.07) is 10.3. The van der Waals surface area contributed by atoms with Crippen LogP contribution in [0, 0.1) is 3.57 Å². The van der Waals surface area contributed by atoms with E-state index < -0.39 is 35.6 Å². The van der Waals surface area contributed by atoms with Gasteiger partial charge in [-0.2, -0.15) is 13.2 Å². The lowest BCUT2D eigenvalue weighted by Crippen LogP contribution is -2.37. The highest BCUT2D eigenvalue weighted by atomic mass is 127. The number of nitrogens with one attached hydrogen (secondary N) is 1. The van der Waals surface area contributed by atoms with Gasteiger partial charge in [-0.15, -0.1) is 0 Å². The zero-order chi connectivity index (χ0) is 21.1. The largest absolute Gasteiger partial charge is 0.444 e. The van der Waals surface area contributed by atoms with Gasteiger partial charge in [0.1, 0.15) is 11.7 Å². The van der Waals surface area contributed by atoms with Gasteiger partial charge in [-0.3, -0.25) is 0 Å². The van der Waals surface area contributed by atoms with Crippen LogP contribution < -0.4 is 5.32 Å². The first-order chi connectivity index (χ1) is 12.9. The lowest BCUT2D eigenvalue weighted by atomic mass is 9.95. The summed E-state index contributed by atoms with van der Waals surface area (Å²) in [5.74, 6) is 0. The SMILES string of the molecule is CC(C)(C)OC(=O)NC(c1ccc(C(F)(F)F)cc1)C(O)c1ccc(I)cc1. The first-order valence-electron chi connectivity index (χ1n) is 8.47. The standard InChI is InChI=1S/C20H21F3INO3/c1-19(2,3)28-18(27)25-16(17(26)13-6-10-15(24)11-7-13)12-4-8-14(9-5-12)20(21,22)23/h4-11,16-17,26H,1-3H3,(H,25,27). The third-order valence-electron chi connectivity index (χ3n) is 3.80. The van der Waals surface area contributed by atoms with Gasteiger partial charge in [0.15, 0.2) is 0 Å². The summed E-state index contributed by atoms with van der Waals surface area (Å²) in [5.41, 5.74) is -0.731. The summed E-state index contributed by atoms with van der Waals surface area (Å²) in [7, 11) is 0. The van der Waals surface area contributed by atoms with Gasteiger partial charge < -0.3 is 15.2 Å². The van der Waals surface area contributed by atoms with E-state index in [1.54, 1.807) is 45.0 Å². The lowest BCUT2D eigenvalue weighted by Gasteiger charge is -2.27. The highest BCUT2D eigenvalue weighted by molar-refractivity contribution is 14.1. The Hall–Kier alpha value is -1.81. The van der Waals surface area contributed by atoms with Crippen molar-refractivity contribution < 1.29 is 27.8 Å². The molecule has 0 aliphatic rings. The Morgan fingerprint density at radius 1 is 1.00 bits per heavy atom. The number of rotatable bonds is 4. The van der Waals surface area contributed by atoms with E-state index in [4.69, 9.17) is 4.74 Å². The van der Waals surface area contributed by atoms with Crippen molar-refractivity contribution in [3.63, 3.8) is 0 Å². The number of hydrogen-bond donors (Lipinski definition) is 2. The maximum Gasteiger partial charge on any atom is 0.416 e. The average molecular weight is 507 g/mol. The zero-order valence-corrected chi connectivity index (χ0v) is 17.7. The van der Waals surface area contributed by atoms with Crippen LogP contribution in [0.1, 0.15) is 49.6 Å². The molecule has 2 N–H and O–H groups in total. The highest BCUT2D eigenvalue weighted by Crippen LogP contribution is 2.33. The molecule has 2 unspecified atom stereocenters. The monoisotopic (exact) mass is 507 g/mol. The topological polar surface area (TPSA) is 58.6 Å². The third kappa shape index (κ3) is 6.37. The molecule has 0 fully saturated rings. The van der Waals surface area contributed by atoms with Crippen molar-refractivity contribution in [2.24, 2.45) is 0 Å². The molecule has 2 atom stereocenters. The Morgan fingerprint density at radius 3 is 1.96 bits per heavy atom. The van der Waals surface area contributed by atoms with E-state index in [2.05, 4.69) is 27.9 Å². The molecule has 152 valence electrons. The molecule has 8 heteroatoms. The summed E-state index contributed by atoms with van der Waals surface area (Å²) in [6.07, 6.45) is -6.43. The molecule has 0 saturated carbocycles. The number of hydrogen-bond acceptors (Lipinski definition) is 3. The number of aliphatic hydroxyl groups is 1. The number of aliphatic hydroxyl groups excluding tert-OH is 1. The Kier molecular flexibility index (Phi) is 6.97. The van der Waals surface area contributed by atoms with Crippen molar-refractivity contribution in [3.8, 4) is 0 Å². The van der Waals surface area contributed by atoms with Gasteiger partial charge >= 0.3 is 12.3 Å². The number of alkyl carbamates (subject to hydrolysis) is 1. The molecular weight excluding hydrogens is 486 g/mol. The quantitative estimate of drug-likeness (QED) is 0.530.